The van der Waals surface area contributed by atoms with Crippen molar-refractivity contribution in [2.75, 3.05) is 76.9 Å². The van der Waals surface area contributed by atoms with Crippen LogP contribution in [0.5, 0.6) is 17.2 Å². The Kier molecular flexibility index (Phi) is 6.76. The minimum atomic E-state index is -0.178. The molecule has 0 radical (unpaired) electrons. The molecule has 0 spiro atoms. The average molecular weight is 455 g/mol. The van der Waals surface area contributed by atoms with Crippen molar-refractivity contribution in [2.24, 2.45) is 0 Å². The minimum Gasteiger partial charge on any atom is -0.495 e. The molecule has 0 saturated carbocycles. The first-order chi connectivity index (χ1) is 16.0. The Hall–Kier alpha value is -3.62. The summed E-state index contributed by atoms with van der Waals surface area (Å²) in [5.41, 5.74) is 1.76. The van der Waals surface area contributed by atoms with Gasteiger partial charge in [-0.2, -0.15) is 0 Å². The molecule has 176 valence electrons. The highest BCUT2D eigenvalue weighted by Gasteiger charge is 2.33. The molecule has 4 rings (SSSR count). The van der Waals surface area contributed by atoms with Gasteiger partial charge in [-0.15, -0.1) is 0 Å². The van der Waals surface area contributed by atoms with Crippen LogP contribution in [0.25, 0.3) is 0 Å². The predicted molar refractivity (Wildman–Crippen MR) is 126 cm³/mol. The zero-order chi connectivity index (χ0) is 23.4. The summed E-state index contributed by atoms with van der Waals surface area (Å²) < 4.78 is 16.1. The van der Waals surface area contributed by atoms with Crippen molar-refractivity contribution in [3.8, 4) is 17.2 Å². The molecule has 0 N–H and O–H groups in total. The highest BCUT2D eigenvalue weighted by molar-refractivity contribution is 5.96. The number of carbonyl (C=O) groups excluding carboxylic acids is 2. The van der Waals surface area contributed by atoms with Crippen molar-refractivity contribution < 1.29 is 23.8 Å². The number of hydrogen-bond donors (Lipinski definition) is 0. The molecule has 3 amide bonds. The van der Waals surface area contributed by atoms with E-state index < -0.39 is 0 Å². The lowest BCUT2D eigenvalue weighted by molar-refractivity contribution is -0.131. The van der Waals surface area contributed by atoms with Gasteiger partial charge in [0, 0.05) is 51.0 Å². The number of hydrogen-bond acceptors (Lipinski definition) is 6. The number of methoxy groups -OCH3 is 3. The molecule has 0 atom stereocenters. The molecule has 0 bridgehead atoms. The SMILES string of the molecule is COc1ccc(N2CCN(CC(=O)N3CCN(c4ccccc4OC)CC3)C2=O)cc1OC. The summed E-state index contributed by atoms with van der Waals surface area (Å²) in [4.78, 5) is 33.2. The standard InChI is InChI=1S/C24H30N4O5/c1-31-20-7-5-4-6-19(20)25-10-12-26(13-11-25)23(29)17-27-14-15-28(24(27)30)18-8-9-21(32-2)22(16-18)33-3/h4-9,16H,10-15,17H2,1-3H3. The summed E-state index contributed by atoms with van der Waals surface area (Å²) in [7, 11) is 4.80. The van der Waals surface area contributed by atoms with E-state index in [0.29, 0.717) is 37.7 Å². The Morgan fingerprint density at radius 2 is 1.52 bits per heavy atom. The highest BCUT2D eigenvalue weighted by Crippen LogP contribution is 2.33. The molecule has 9 nitrogen and oxygen atoms in total. The number of benzene rings is 2. The fourth-order valence-electron chi connectivity index (χ4n) is 4.31. The van der Waals surface area contributed by atoms with Crippen LogP contribution in [0.3, 0.4) is 0 Å². The molecule has 2 heterocycles. The Labute approximate surface area is 194 Å². The molecule has 0 aliphatic carbocycles. The number of rotatable bonds is 7. The van der Waals surface area contributed by atoms with Gasteiger partial charge in [0.1, 0.15) is 12.3 Å². The lowest BCUT2D eigenvalue weighted by Crippen LogP contribution is -2.51. The molecule has 2 aromatic carbocycles. The summed E-state index contributed by atoms with van der Waals surface area (Å²) in [6.07, 6.45) is 0. The third-order valence-electron chi connectivity index (χ3n) is 6.16. The molecule has 2 aliphatic rings. The molecule has 9 heteroatoms. The van der Waals surface area contributed by atoms with Crippen molar-refractivity contribution >= 4 is 23.3 Å². The van der Waals surface area contributed by atoms with Crippen molar-refractivity contribution in [1.29, 1.82) is 0 Å². The molecule has 2 aliphatic heterocycles. The van der Waals surface area contributed by atoms with Gasteiger partial charge in [-0.05, 0) is 24.3 Å². The number of anilines is 2. The molecule has 33 heavy (non-hydrogen) atoms. The second-order valence-electron chi connectivity index (χ2n) is 7.93. The van der Waals surface area contributed by atoms with Crippen LogP contribution >= 0.6 is 0 Å². The Morgan fingerprint density at radius 3 is 2.21 bits per heavy atom. The Balaban J connectivity index is 1.34. The van der Waals surface area contributed by atoms with E-state index in [9.17, 15) is 9.59 Å². The van der Waals surface area contributed by atoms with Crippen molar-refractivity contribution in [3.63, 3.8) is 0 Å². The van der Waals surface area contributed by atoms with E-state index in [2.05, 4.69) is 4.90 Å². The first kappa shape index (κ1) is 22.6. The second-order valence-corrected chi connectivity index (χ2v) is 7.93. The first-order valence-corrected chi connectivity index (χ1v) is 11.0. The van der Waals surface area contributed by atoms with Crippen molar-refractivity contribution in [2.45, 2.75) is 0 Å². The fourth-order valence-corrected chi connectivity index (χ4v) is 4.31. The predicted octanol–water partition coefficient (Wildman–Crippen LogP) is 2.30. The largest absolute Gasteiger partial charge is 0.495 e. The van der Waals surface area contributed by atoms with E-state index in [0.717, 1.165) is 30.2 Å². The van der Waals surface area contributed by atoms with Crippen LogP contribution in [-0.2, 0) is 4.79 Å². The van der Waals surface area contributed by atoms with Gasteiger partial charge in [0.2, 0.25) is 5.91 Å². The average Bonchev–Trinajstić information content (AvgIpc) is 3.23. The van der Waals surface area contributed by atoms with Gasteiger partial charge >= 0.3 is 6.03 Å². The number of nitrogens with zero attached hydrogens (tertiary/aromatic N) is 4. The maximum Gasteiger partial charge on any atom is 0.325 e. The summed E-state index contributed by atoms with van der Waals surface area (Å²) in [5.74, 6) is 1.96. The van der Waals surface area contributed by atoms with Crippen LogP contribution in [0.4, 0.5) is 16.2 Å². The van der Waals surface area contributed by atoms with Crippen molar-refractivity contribution in [1.82, 2.24) is 9.80 Å². The monoisotopic (exact) mass is 454 g/mol. The topological polar surface area (TPSA) is 74.8 Å². The Bertz CT molecular complexity index is 1010. The lowest BCUT2D eigenvalue weighted by Gasteiger charge is -2.37. The lowest BCUT2D eigenvalue weighted by atomic mass is 10.2. The third kappa shape index (κ3) is 4.62. The molecule has 2 aromatic rings. The normalized spacial score (nSPS) is 16.3. The summed E-state index contributed by atoms with van der Waals surface area (Å²) in [6.45, 7) is 3.76. The maximum atomic E-state index is 13.0. The van der Waals surface area contributed by atoms with E-state index in [4.69, 9.17) is 14.2 Å². The smallest absolute Gasteiger partial charge is 0.325 e. The van der Waals surface area contributed by atoms with Gasteiger partial charge < -0.3 is 28.9 Å². The van der Waals surface area contributed by atoms with Gasteiger partial charge in [0.15, 0.2) is 11.5 Å². The molecule has 2 saturated heterocycles. The number of urea groups is 1. The molecule has 0 aromatic heterocycles. The van der Waals surface area contributed by atoms with Gasteiger partial charge in [-0.3, -0.25) is 9.69 Å². The third-order valence-corrected chi connectivity index (χ3v) is 6.16. The van der Waals surface area contributed by atoms with Gasteiger partial charge in [0.05, 0.1) is 27.0 Å². The zero-order valence-electron chi connectivity index (χ0n) is 19.3. The van der Waals surface area contributed by atoms with Crippen LogP contribution in [0.1, 0.15) is 0 Å². The van der Waals surface area contributed by atoms with Gasteiger partial charge in [-0.1, -0.05) is 12.1 Å². The van der Waals surface area contributed by atoms with Crippen LogP contribution < -0.4 is 24.0 Å². The van der Waals surface area contributed by atoms with E-state index in [1.807, 2.05) is 35.2 Å². The molecule has 0 unspecified atom stereocenters. The number of carbonyl (C=O) groups is 2. The molecule has 2 fully saturated rings. The minimum absolute atomic E-state index is 0.0304. The van der Waals surface area contributed by atoms with Crippen LogP contribution in [-0.4, -0.2) is 88.9 Å². The van der Waals surface area contributed by atoms with E-state index in [-0.39, 0.29) is 18.5 Å². The van der Waals surface area contributed by atoms with Gasteiger partial charge in [0.25, 0.3) is 0 Å². The number of ether oxygens (including phenoxy) is 3. The van der Waals surface area contributed by atoms with Crippen LogP contribution in [0, 0.1) is 0 Å². The highest BCUT2D eigenvalue weighted by atomic mass is 16.5. The van der Waals surface area contributed by atoms with Gasteiger partial charge in [-0.25, -0.2) is 4.79 Å². The summed E-state index contributed by atoms with van der Waals surface area (Å²) >= 11 is 0. The fraction of sp³-hybridized carbons (Fsp3) is 0.417. The summed E-state index contributed by atoms with van der Waals surface area (Å²) in [6, 6.07) is 13.1. The number of amides is 3. The van der Waals surface area contributed by atoms with E-state index >= 15 is 0 Å². The van der Waals surface area contributed by atoms with Crippen LogP contribution in [0.15, 0.2) is 42.5 Å². The summed E-state index contributed by atoms with van der Waals surface area (Å²) in [5, 5.41) is 0. The van der Waals surface area contributed by atoms with E-state index in [1.54, 1.807) is 43.3 Å². The number of para-hydroxylation sites is 2. The first-order valence-electron chi connectivity index (χ1n) is 11.0. The number of piperazine rings is 1. The van der Waals surface area contributed by atoms with E-state index in [1.165, 1.54) is 0 Å². The molecular formula is C24H30N4O5. The van der Waals surface area contributed by atoms with Crippen LogP contribution in [0.2, 0.25) is 0 Å². The molecular weight excluding hydrogens is 424 g/mol. The quantitative estimate of drug-likeness (QED) is 0.639. The Morgan fingerprint density at radius 1 is 0.818 bits per heavy atom. The maximum absolute atomic E-state index is 13.0. The second kappa shape index (κ2) is 9.89. The zero-order valence-corrected chi connectivity index (χ0v) is 19.3. The van der Waals surface area contributed by atoms with Crippen molar-refractivity contribution in [3.05, 3.63) is 42.5 Å².